The van der Waals surface area contributed by atoms with E-state index < -0.39 is 0 Å². The van der Waals surface area contributed by atoms with Crippen molar-refractivity contribution < 1.29 is 4.42 Å². The Morgan fingerprint density at radius 1 is 0.350 bits per heavy atom. The molecule has 0 spiro atoms. The van der Waals surface area contributed by atoms with Gasteiger partial charge in [0.15, 0.2) is 23.1 Å². The lowest BCUT2D eigenvalue weighted by atomic mass is 10.00. The van der Waals surface area contributed by atoms with Crippen molar-refractivity contribution in [2.24, 2.45) is 0 Å². The zero-order valence-corrected chi connectivity index (χ0v) is 32.2. The number of benzene rings is 10. The van der Waals surface area contributed by atoms with E-state index in [9.17, 15) is 0 Å². The molecule has 3 heterocycles. The van der Waals surface area contributed by atoms with Crippen LogP contribution in [0.3, 0.4) is 0 Å². The Labute approximate surface area is 343 Å². The van der Waals surface area contributed by atoms with Gasteiger partial charge in [-0.1, -0.05) is 152 Å². The van der Waals surface area contributed by atoms with Crippen LogP contribution in [0.4, 0.5) is 0 Å². The highest BCUT2D eigenvalue weighted by Gasteiger charge is 2.24. The van der Waals surface area contributed by atoms with Crippen molar-refractivity contribution in [1.82, 2.24) is 19.5 Å². The summed E-state index contributed by atoms with van der Waals surface area (Å²) in [7, 11) is 0. The molecule has 0 aliphatic carbocycles. The van der Waals surface area contributed by atoms with Crippen LogP contribution in [0.1, 0.15) is 0 Å². The van der Waals surface area contributed by atoms with Gasteiger partial charge in [-0.2, -0.15) is 0 Å². The largest absolute Gasteiger partial charge is 0.454 e. The first kappa shape index (κ1) is 32.9. The van der Waals surface area contributed by atoms with E-state index in [0.29, 0.717) is 17.5 Å². The molecule has 278 valence electrons. The lowest BCUT2D eigenvalue weighted by molar-refractivity contribution is 0.666. The van der Waals surface area contributed by atoms with Crippen molar-refractivity contribution >= 4 is 86.8 Å². The van der Waals surface area contributed by atoms with Crippen LogP contribution in [0.15, 0.2) is 199 Å². The lowest BCUT2D eigenvalue weighted by Crippen LogP contribution is -2.01. The Bertz CT molecular complexity index is 3900. The highest BCUT2D eigenvalue weighted by atomic mass is 16.3. The molecule has 60 heavy (non-hydrogen) atoms. The van der Waals surface area contributed by atoms with E-state index in [-0.39, 0.29) is 0 Å². The lowest BCUT2D eigenvalue weighted by Gasteiger charge is -2.13. The van der Waals surface area contributed by atoms with Crippen molar-refractivity contribution in [1.29, 1.82) is 0 Å². The highest BCUT2D eigenvalue weighted by Crippen LogP contribution is 2.44. The molecule has 10 aromatic carbocycles. The second kappa shape index (κ2) is 12.7. The summed E-state index contributed by atoms with van der Waals surface area (Å²) in [5.41, 5.74) is 7.49. The molecular formula is C55H32N4O. The van der Waals surface area contributed by atoms with E-state index in [0.717, 1.165) is 60.7 Å². The normalized spacial score (nSPS) is 12.0. The van der Waals surface area contributed by atoms with E-state index >= 15 is 0 Å². The first-order valence-corrected chi connectivity index (χ1v) is 20.3. The van der Waals surface area contributed by atoms with Gasteiger partial charge in [-0.05, 0) is 85.6 Å². The van der Waals surface area contributed by atoms with E-state index in [2.05, 4.69) is 168 Å². The van der Waals surface area contributed by atoms with Gasteiger partial charge in [0.25, 0.3) is 0 Å². The van der Waals surface area contributed by atoms with E-state index in [1.165, 1.54) is 48.5 Å². The van der Waals surface area contributed by atoms with Crippen LogP contribution in [0.5, 0.6) is 0 Å². The zero-order valence-electron chi connectivity index (χ0n) is 32.2. The van der Waals surface area contributed by atoms with Crippen molar-refractivity contribution in [3.63, 3.8) is 0 Å². The quantitative estimate of drug-likeness (QED) is 0.167. The number of furan rings is 1. The van der Waals surface area contributed by atoms with Crippen molar-refractivity contribution in [2.75, 3.05) is 0 Å². The number of nitrogens with zero attached hydrogens (tertiary/aromatic N) is 4. The standard InChI is InChI=1S/C55H32N4O/c1-2-14-35(15-3-1)53-56-54(39-24-26-41-38(30-39)23-22-33-12-6-8-18-40(33)41)58-55(57-53)44-27-29-47(52-51(44)43-20-10-11-21-49(43)60-52)59-46-28-25-34-13-7-9-19-42(34)50(46)45-31-36-16-4-5-17-37(36)32-48(45)59/h1-32H. The van der Waals surface area contributed by atoms with Crippen molar-refractivity contribution in [3.05, 3.63) is 194 Å². The molecule has 13 aromatic rings. The first-order chi connectivity index (χ1) is 29.7. The van der Waals surface area contributed by atoms with E-state index in [1.807, 2.05) is 30.3 Å². The summed E-state index contributed by atoms with van der Waals surface area (Å²) in [6.07, 6.45) is 0. The van der Waals surface area contributed by atoms with Crippen LogP contribution >= 0.6 is 0 Å². The number of rotatable bonds is 4. The molecule has 0 bridgehead atoms. The Morgan fingerprint density at radius 2 is 0.967 bits per heavy atom. The molecule has 0 saturated carbocycles. The van der Waals surface area contributed by atoms with Crippen LogP contribution in [0.2, 0.25) is 0 Å². The highest BCUT2D eigenvalue weighted by molar-refractivity contribution is 6.24. The molecule has 0 N–H and O–H groups in total. The van der Waals surface area contributed by atoms with Crippen molar-refractivity contribution in [2.45, 2.75) is 0 Å². The van der Waals surface area contributed by atoms with Gasteiger partial charge in [0.05, 0.1) is 16.7 Å². The summed E-state index contributed by atoms with van der Waals surface area (Å²) >= 11 is 0. The molecule has 0 radical (unpaired) electrons. The summed E-state index contributed by atoms with van der Waals surface area (Å²) < 4.78 is 9.34. The second-order valence-electron chi connectivity index (χ2n) is 15.6. The molecule has 13 rings (SSSR count). The smallest absolute Gasteiger partial charge is 0.164 e. The summed E-state index contributed by atoms with van der Waals surface area (Å²) in [6.45, 7) is 0. The van der Waals surface area contributed by atoms with E-state index in [1.54, 1.807) is 0 Å². The minimum atomic E-state index is 0.583. The average molecular weight is 765 g/mol. The van der Waals surface area contributed by atoms with Gasteiger partial charge in [-0.25, -0.2) is 15.0 Å². The minimum absolute atomic E-state index is 0.583. The topological polar surface area (TPSA) is 56.7 Å². The van der Waals surface area contributed by atoms with Gasteiger partial charge in [0.2, 0.25) is 0 Å². The van der Waals surface area contributed by atoms with Crippen LogP contribution < -0.4 is 0 Å². The van der Waals surface area contributed by atoms with Crippen LogP contribution in [0.25, 0.3) is 127 Å². The van der Waals surface area contributed by atoms with Crippen LogP contribution in [-0.4, -0.2) is 19.5 Å². The number of para-hydroxylation sites is 1. The van der Waals surface area contributed by atoms with E-state index in [4.69, 9.17) is 19.4 Å². The fourth-order valence-corrected chi connectivity index (χ4v) is 9.40. The summed E-state index contributed by atoms with van der Waals surface area (Å²) in [5, 5.41) is 14.0. The predicted molar refractivity (Wildman–Crippen MR) is 248 cm³/mol. The molecule has 0 aliphatic heterocycles. The molecule has 5 nitrogen and oxygen atoms in total. The van der Waals surface area contributed by atoms with Gasteiger partial charge in [0.1, 0.15) is 5.58 Å². The summed E-state index contributed by atoms with van der Waals surface area (Å²) in [4.78, 5) is 15.6. The SMILES string of the molecule is c1ccc(-c2nc(-c3ccc4c(ccc5ccccc54)c3)nc(-c3ccc(-n4c5cc6ccccc6cc5c5c6ccccc6ccc54)c4oc5ccccc5c34)n2)cc1. The molecule has 0 atom stereocenters. The van der Waals surface area contributed by atoms with Crippen molar-refractivity contribution in [3.8, 4) is 39.9 Å². The third-order valence-electron chi connectivity index (χ3n) is 12.2. The predicted octanol–water partition coefficient (Wildman–Crippen LogP) is 14.5. The Balaban J connectivity index is 1.09. The molecule has 3 aromatic heterocycles. The third-order valence-corrected chi connectivity index (χ3v) is 12.2. The average Bonchev–Trinajstić information content (AvgIpc) is 3.86. The first-order valence-electron chi connectivity index (χ1n) is 20.3. The van der Waals surface area contributed by atoms with Gasteiger partial charge < -0.3 is 8.98 Å². The van der Waals surface area contributed by atoms with Gasteiger partial charge in [0, 0.05) is 38.2 Å². The van der Waals surface area contributed by atoms with Gasteiger partial charge >= 0.3 is 0 Å². The maximum absolute atomic E-state index is 6.96. The maximum atomic E-state index is 6.96. The fraction of sp³-hybridized carbons (Fsp3) is 0. The Kier molecular flexibility index (Phi) is 6.95. The van der Waals surface area contributed by atoms with Crippen LogP contribution in [0, 0.1) is 0 Å². The Hall–Kier alpha value is -8.15. The second-order valence-corrected chi connectivity index (χ2v) is 15.6. The molecule has 0 fully saturated rings. The summed E-state index contributed by atoms with van der Waals surface area (Å²) in [6, 6.07) is 68.6. The maximum Gasteiger partial charge on any atom is 0.164 e. The molecule has 0 saturated heterocycles. The molecule has 5 heteroatoms. The number of hydrogen-bond donors (Lipinski definition) is 0. The zero-order chi connectivity index (χ0) is 39.3. The van der Waals surface area contributed by atoms with Crippen LogP contribution in [-0.2, 0) is 0 Å². The molecule has 0 amide bonds. The van der Waals surface area contributed by atoms with Gasteiger partial charge in [-0.15, -0.1) is 0 Å². The molecule has 0 unspecified atom stereocenters. The fourth-order valence-electron chi connectivity index (χ4n) is 9.40. The number of hydrogen-bond acceptors (Lipinski definition) is 4. The molecular weight excluding hydrogens is 733 g/mol. The minimum Gasteiger partial charge on any atom is -0.454 e. The number of fused-ring (bicyclic) bond motifs is 12. The Morgan fingerprint density at radius 3 is 1.80 bits per heavy atom. The molecule has 0 aliphatic rings. The number of aromatic nitrogens is 4. The third kappa shape index (κ3) is 4.90. The van der Waals surface area contributed by atoms with Gasteiger partial charge in [-0.3, -0.25) is 0 Å². The monoisotopic (exact) mass is 764 g/mol. The summed E-state index contributed by atoms with van der Waals surface area (Å²) in [5.74, 6) is 1.81.